The van der Waals surface area contributed by atoms with Gasteiger partial charge in [-0.1, -0.05) is 63.2 Å². The van der Waals surface area contributed by atoms with Gasteiger partial charge in [-0.3, -0.25) is 14.5 Å². The van der Waals surface area contributed by atoms with Gasteiger partial charge in [0, 0.05) is 5.69 Å². The van der Waals surface area contributed by atoms with Crippen LogP contribution in [0, 0.1) is 5.82 Å². The molecule has 3 aromatic carbocycles. The summed E-state index contributed by atoms with van der Waals surface area (Å²) in [7, 11) is 1.38. The third-order valence-corrected chi connectivity index (χ3v) is 5.99. The second-order valence-electron chi connectivity index (χ2n) is 9.22. The molecule has 0 radical (unpaired) electrons. The van der Waals surface area contributed by atoms with Crippen molar-refractivity contribution in [1.29, 1.82) is 0 Å². The zero-order valence-electron chi connectivity index (χ0n) is 19.5. The lowest BCUT2D eigenvalue weighted by Gasteiger charge is -2.26. The third-order valence-electron chi connectivity index (χ3n) is 5.99. The van der Waals surface area contributed by atoms with Gasteiger partial charge in [0.25, 0.3) is 11.7 Å². The molecule has 6 heteroatoms. The van der Waals surface area contributed by atoms with E-state index in [9.17, 15) is 19.1 Å². The molecule has 1 aliphatic rings. The van der Waals surface area contributed by atoms with Crippen LogP contribution in [0.4, 0.5) is 10.1 Å². The molecule has 0 spiro atoms. The fourth-order valence-electron chi connectivity index (χ4n) is 4.18. The molecule has 1 fully saturated rings. The Balaban J connectivity index is 1.93. The van der Waals surface area contributed by atoms with Crippen LogP contribution in [-0.2, 0) is 15.0 Å². The molecule has 174 valence electrons. The fourth-order valence-corrected chi connectivity index (χ4v) is 4.18. The topological polar surface area (TPSA) is 66.8 Å². The SMILES string of the molecule is COc1ccc(F)cc1/C(O)=C1\C(=O)C(=O)N(c2ccc(C(C)(C)C)cc2)C1c1ccccc1. The molecule has 5 nitrogen and oxygen atoms in total. The van der Waals surface area contributed by atoms with E-state index in [4.69, 9.17) is 4.74 Å². The number of hydrogen-bond acceptors (Lipinski definition) is 4. The van der Waals surface area contributed by atoms with Crippen LogP contribution in [0.25, 0.3) is 5.76 Å². The maximum Gasteiger partial charge on any atom is 0.300 e. The summed E-state index contributed by atoms with van der Waals surface area (Å²) in [5.74, 6) is -2.53. The van der Waals surface area contributed by atoms with E-state index in [1.165, 1.54) is 24.1 Å². The van der Waals surface area contributed by atoms with Gasteiger partial charge < -0.3 is 9.84 Å². The minimum absolute atomic E-state index is 0.00418. The highest BCUT2D eigenvalue weighted by atomic mass is 19.1. The van der Waals surface area contributed by atoms with Crippen molar-refractivity contribution in [3.63, 3.8) is 0 Å². The Bertz CT molecular complexity index is 1270. The second kappa shape index (κ2) is 8.78. The van der Waals surface area contributed by atoms with Crippen LogP contribution in [-0.4, -0.2) is 23.9 Å². The average Bonchev–Trinajstić information content (AvgIpc) is 3.09. The number of nitrogens with zero attached hydrogens (tertiary/aromatic N) is 1. The Morgan fingerprint density at radius 1 is 0.971 bits per heavy atom. The van der Waals surface area contributed by atoms with Gasteiger partial charge in [-0.15, -0.1) is 0 Å². The standard InChI is InChI=1S/C28H26FNO4/c1-28(2,3)18-10-13-20(14-11-18)30-24(17-8-6-5-7-9-17)23(26(32)27(30)33)25(31)21-16-19(29)12-15-22(21)34-4/h5-16,24,31H,1-4H3/b25-23+. The van der Waals surface area contributed by atoms with Crippen LogP contribution < -0.4 is 9.64 Å². The molecule has 1 amide bonds. The summed E-state index contributed by atoms with van der Waals surface area (Å²) in [6, 6.07) is 19.2. The normalized spacial score (nSPS) is 17.8. The van der Waals surface area contributed by atoms with E-state index < -0.39 is 29.3 Å². The van der Waals surface area contributed by atoms with Gasteiger partial charge in [-0.05, 0) is 46.9 Å². The van der Waals surface area contributed by atoms with Crippen LogP contribution in [0.15, 0.2) is 78.4 Å². The fraction of sp³-hybridized carbons (Fsp3) is 0.214. The number of methoxy groups -OCH3 is 1. The van der Waals surface area contributed by atoms with Crippen LogP contribution in [0.5, 0.6) is 5.75 Å². The summed E-state index contributed by atoms with van der Waals surface area (Å²) >= 11 is 0. The lowest BCUT2D eigenvalue weighted by atomic mass is 9.87. The number of aliphatic hydroxyl groups is 1. The van der Waals surface area contributed by atoms with Crippen molar-refractivity contribution in [3.8, 4) is 5.75 Å². The first kappa shape index (κ1) is 23.2. The highest BCUT2D eigenvalue weighted by molar-refractivity contribution is 6.51. The first-order valence-electron chi connectivity index (χ1n) is 10.9. The molecular weight excluding hydrogens is 433 g/mol. The summed E-state index contributed by atoms with van der Waals surface area (Å²) in [6.07, 6.45) is 0. The summed E-state index contributed by atoms with van der Waals surface area (Å²) in [5.41, 5.74) is 2.03. The van der Waals surface area contributed by atoms with Crippen LogP contribution in [0.1, 0.15) is 43.5 Å². The average molecular weight is 460 g/mol. The summed E-state index contributed by atoms with van der Waals surface area (Å²) in [4.78, 5) is 27.9. The number of rotatable bonds is 4. The van der Waals surface area contributed by atoms with E-state index in [1.807, 2.05) is 18.2 Å². The lowest BCUT2D eigenvalue weighted by Crippen LogP contribution is -2.29. The smallest absolute Gasteiger partial charge is 0.300 e. The van der Waals surface area contributed by atoms with Gasteiger partial charge in [-0.2, -0.15) is 0 Å². The number of carbonyl (C=O) groups excluding carboxylic acids is 2. The number of anilines is 1. The molecule has 34 heavy (non-hydrogen) atoms. The zero-order valence-corrected chi connectivity index (χ0v) is 19.5. The number of amides is 1. The largest absolute Gasteiger partial charge is 0.507 e. The van der Waals surface area contributed by atoms with Gasteiger partial charge in [-0.25, -0.2) is 4.39 Å². The molecule has 1 unspecified atom stereocenters. The van der Waals surface area contributed by atoms with E-state index >= 15 is 0 Å². The summed E-state index contributed by atoms with van der Waals surface area (Å²) in [5, 5.41) is 11.2. The number of benzene rings is 3. The van der Waals surface area contributed by atoms with Gasteiger partial charge in [0.05, 0.1) is 24.3 Å². The predicted molar refractivity (Wildman–Crippen MR) is 129 cm³/mol. The zero-order chi connectivity index (χ0) is 24.6. The molecule has 0 aromatic heterocycles. The van der Waals surface area contributed by atoms with Gasteiger partial charge in [0.2, 0.25) is 0 Å². The highest BCUT2D eigenvalue weighted by Crippen LogP contribution is 2.43. The molecule has 0 aliphatic carbocycles. The molecule has 1 heterocycles. The Hall–Kier alpha value is -3.93. The molecule has 1 N–H and O–H groups in total. The van der Waals surface area contributed by atoms with Gasteiger partial charge >= 0.3 is 0 Å². The van der Waals surface area contributed by atoms with E-state index in [-0.39, 0.29) is 22.3 Å². The minimum atomic E-state index is -0.894. The Labute approximate surface area is 198 Å². The number of aliphatic hydroxyl groups excluding tert-OH is 1. The molecular formula is C28H26FNO4. The Kier molecular flexibility index (Phi) is 6.00. The van der Waals surface area contributed by atoms with Crippen molar-refractivity contribution >= 4 is 23.1 Å². The summed E-state index contributed by atoms with van der Waals surface area (Å²) < 4.78 is 19.3. The number of carbonyl (C=O) groups is 2. The van der Waals surface area contributed by atoms with Crippen LogP contribution in [0.3, 0.4) is 0 Å². The van der Waals surface area contributed by atoms with Crippen molar-refractivity contribution < 1.29 is 23.8 Å². The Morgan fingerprint density at radius 2 is 1.62 bits per heavy atom. The first-order valence-corrected chi connectivity index (χ1v) is 10.9. The quantitative estimate of drug-likeness (QED) is 0.306. The molecule has 4 rings (SSSR count). The van der Waals surface area contributed by atoms with Crippen molar-refractivity contribution in [2.45, 2.75) is 32.2 Å². The van der Waals surface area contributed by atoms with Gasteiger partial charge in [0.1, 0.15) is 17.3 Å². The molecule has 1 atom stereocenters. The maximum atomic E-state index is 14.0. The van der Waals surface area contributed by atoms with Crippen molar-refractivity contribution in [2.75, 3.05) is 12.0 Å². The predicted octanol–water partition coefficient (Wildman–Crippen LogP) is 5.76. The molecule has 0 saturated carbocycles. The number of Topliss-reactive ketones (excluding diaryl/α,β-unsaturated/α-hetero) is 1. The number of halogens is 1. The molecule has 3 aromatic rings. The van der Waals surface area contributed by atoms with Crippen molar-refractivity contribution in [1.82, 2.24) is 0 Å². The first-order chi connectivity index (χ1) is 16.1. The number of ether oxygens (including phenoxy) is 1. The minimum Gasteiger partial charge on any atom is -0.507 e. The lowest BCUT2D eigenvalue weighted by molar-refractivity contribution is -0.132. The molecule has 1 aliphatic heterocycles. The van der Waals surface area contributed by atoms with Crippen molar-refractivity contribution in [2.24, 2.45) is 0 Å². The third kappa shape index (κ3) is 4.07. The highest BCUT2D eigenvalue weighted by Gasteiger charge is 2.47. The van der Waals surface area contributed by atoms with E-state index in [0.29, 0.717) is 11.3 Å². The second-order valence-corrected chi connectivity index (χ2v) is 9.22. The van der Waals surface area contributed by atoms with Crippen molar-refractivity contribution in [3.05, 3.63) is 101 Å². The molecule has 0 bridgehead atoms. The van der Waals surface area contributed by atoms with Crippen LogP contribution >= 0.6 is 0 Å². The number of hydrogen-bond donors (Lipinski definition) is 1. The summed E-state index contributed by atoms with van der Waals surface area (Å²) in [6.45, 7) is 6.26. The van der Waals surface area contributed by atoms with E-state index in [2.05, 4.69) is 20.8 Å². The van der Waals surface area contributed by atoms with Crippen LogP contribution in [0.2, 0.25) is 0 Å². The Morgan fingerprint density at radius 3 is 2.21 bits per heavy atom. The maximum absolute atomic E-state index is 14.0. The number of ketones is 1. The van der Waals surface area contributed by atoms with Gasteiger partial charge in [0.15, 0.2) is 0 Å². The molecule has 1 saturated heterocycles. The van der Waals surface area contributed by atoms with E-state index in [0.717, 1.165) is 11.6 Å². The van der Waals surface area contributed by atoms with E-state index in [1.54, 1.807) is 36.4 Å². The monoisotopic (exact) mass is 459 g/mol.